The Morgan fingerprint density at radius 1 is 1.50 bits per heavy atom. The van der Waals surface area contributed by atoms with E-state index >= 15 is 0 Å². The third-order valence-electron chi connectivity index (χ3n) is 2.76. The lowest BCUT2D eigenvalue weighted by Crippen LogP contribution is -2.22. The van der Waals surface area contributed by atoms with Crippen molar-refractivity contribution in [2.75, 3.05) is 0 Å². The predicted octanol–water partition coefficient (Wildman–Crippen LogP) is 2.62. The van der Waals surface area contributed by atoms with Crippen LogP contribution in [-0.2, 0) is 6.54 Å². The standard InChI is InChI=1S/C13H15FN4O2/c1-8(2)15-7-13-16-6-11(17-13)9-3-4-10(14)12(5-9)18(19)20/h3-6,8,15H,7H2,1-2H3,(H,16,17). The van der Waals surface area contributed by atoms with Gasteiger partial charge >= 0.3 is 5.69 Å². The molecule has 0 aliphatic carbocycles. The van der Waals surface area contributed by atoms with Gasteiger partial charge in [-0.2, -0.15) is 4.39 Å². The molecule has 0 bridgehead atoms. The SMILES string of the molecule is CC(C)NCc1ncc(-c2ccc(F)c([N+](=O)[O-])c2)[nH]1. The van der Waals surface area contributed by atoms with Gasteiger partial charge in [0.05, 0.1) is 23.4 Å². The molecule has 1 aromatic heterocycles. The van der Waals surface area contributed by atoms with Gasteiger partial charge in [0.25, 0.3) is 0 Å². The summed E-state index contributed by atoms with van der Waals surface area (Å²) in [6.45, 7) is 4.61. The molecule has 0 amide bonds. The van der Waals surface area contributed by atoms with Crippen LogP contribution in [0.3, 0.4) is 0 Å². The number of hydrogen-bond acceptors (Lipinski definition) is 4. The summed E-state index contributed by atoms with van der Waals surface area (Å²) in [7, 11) is 0. The summed E-state index contributed by atoms with van der Waals surface area (Å²) >= 11 is 0. The number of nitrogens with zero attached hydrogens (tertiary/aromatic N) is 2. The second-order valence-corrected chi connectivity index (χ2v) is 4.70. The molecular weight excluding hydrogens is 263 g/mol. The number of imidazole rings is 1. The highest BCUT2D eigenvalue weighted by atomic mass is 19.1. The Labute approximate surface area is 115 Å². The van der Waals surface area contributed by atoms with Crippen molar-refractivity contribution in [3.05, 3.63) is 46.2 Å². The molecule has 1 aromatic carbocycles. The number of aromatic amines is 1. The van der Waals surface area contributed by atoms with E-state index in [0.29, 0.717) is 23.8 Å². The number of H-pyrrole nitrogens is 1. The Morgan fingerprint density at radius 2 is 2.25 bits per heavy atom. The van der Waals surface area contributed by atoms with E-state index in [1.54, 1.807) is 6.20 Å². The van der Waals surface area contributed by atoms with Crippen molar-refractivity contribution < 1.29 is 9.31 Å². The van der Waals surface area contributed by atoms with E-state index in [9.17, 15) is 14.5 Å². The van der Waals surface area contributed by atoms with Crippen LogP contribution in [-0.4, -0.2) is 20.9 Å². The molecule has 2 rings (SSSR count). The average molecular weight is 278 g/mol. The van der Waals surface area contributed by atoms with Crippen LogP contribution in [0.2, 0.25) is 0 Å². The first kappa shape index (κ1) is 14.1. The van der Waals surface area contributed by atoms with Gasteiger partial charge in [-0.05, 0) is 12.1 Å². The average Bonchev–Trinajstić information content (AvgIpc) is 2.85. The number of aromatic nitrogens is 2. The smallest absolute Gasteiger partial charge is 0.305 e. The van der Waals surface area contributed by atoms with Gasteiger partial charge in [0.2, 0.25) is 5.82 Å². The number of nitrogens with one attached hydrogen (secondary N) is 2. The van der Waals surface area contributed by atoms with E-state index in [4.69, 9.17) is 0 Å². The summed E-state index contributed by atoms with van der Waals surface area (Å²) in [5, 5.41) is 13.9. The first-order valence-corrected chi connectivity index (χ1v) is 6.19. The van der Waals surface area contributed by atoms with Crippen LogP contribution in [0.25, 0.3) is 11.3 Å². The van der Waals surface area contributed by atoms with Gasteiger partial charge in [-0.3, -0.25) is 10.1 Å². The van der Waals surface area contributed by atoms with E-state index in [1.807, 2.05) is 13.8 Å². The topological polar surface area (TPSA) is 83.8 Å². The van der Waals surface area contributed by atoms with Crippen molar-refractivity contribution in [3.8, 4) is 11.3 Å². The van der Waals surface area contributed by atoms with Crippen LogP contribution in [0.15, 0.2) is 24.4 Å². The van der Waals surface area contributed by atoms with E-state index in [0.717, 1.165) is 11.9 Å². The molecule has 0 fully saturated rings. The van der Waals surface area contributed by atoms with Crippen LogP contribution in [0.4, 0.5) is 10.1 Å². The first-order chi connectivity index (χ1) is 9.47. The van der Waals surface area contributed by atoms with Crippen molar-refractivity contribution in [3.63, 3.8) is 0 Å². The Kier molecular flexibility index (Phi) is 4.09. The number of nitro groups is 1. The third-order valence-corrected chi connectivity index (χ3v) is 2.76. The fourth-order valence-electron chi connectivity index (χ4n) is 1.72. The maximum Gasteiger partial charge on any atom is 0.305 e. The fraction of sp³-hybridized carbons (Fsp3) is 0.308. The molecule has 7 heteroatoms. The number of halogens is 1. The quantitative estimate of drug-likeness (QED) is 0.650. The summed E-state index contributed by atoms with van der Waals surface area (Å²) in [5.74, 6) is -0.124. The highest BCUT2D eigenvalue weighted by Gasteiger charge is 2.15. The van der Waals surface area contributed by atoms with Crippen LogP contribution >= 0.6 is 0 Å². The van der Waals surface area contributed by atoms with Crippen LogP contribution in [0.1, 0.15) is 19.7 Å². The maximum atomic E-state index is 13.3. The summed E-state index contributed by atoms with van der Waals surface area (Å²) in [4.78, 5) is 17.2. The minimum Gasteiger partial charge on any atom is -0.341 e. The number of nitro benzene ring substituents is 1. The summed E-state index contributed by atoms with van der Waals surface area (Å²) in [6, 6.07) is 4.09. The molecule has 0 aliphatic rings. The molecule has 0 aliphatic heterocycles. The predicted molar refractivity (Wildman–Crippen MR) is 72.6 cm³/mol. The van der Waals surface area contributed by atoms with Crippen LogP contribution in [0, 0.1) is 15.9 Å². The fourth-order valence-corrected chi connectivity index (χ4v) is 1.72. The maximum absolute atomic E-state index is 13.3. The zero-order valence-corrected chi connectivity index (χ0v) is 11.2. The lowest BCUT2D eigenvalue weighted by Gasteiger charge is -2.05. The highest BCUT2D eigenvalue weighted by molar-refractivity contribution is 5.62. The molecule has 0 unspecified atom stereocenters. The van der Waals surface area contributed by atoms with Gasteiger partial charge in [0.1, 0.15) is 5.82 Å². The Bertz CT molecular complexity index is 625. The zero-order valence-electron chi connectivity index (χ0n) is 11.2. The minimum atomic E-state index is -0.847. The summed E-state index contributed by atoms with van der Waals surface area (Å²) in [6.07, 6.45) is 1.58. The van der Waals surface area contributed by atoms with Crippen LogP contribution in [0.5, 0.6) is 0 Å². The molecule has 0 saturated heterocycles. The Hall–Kier alpha value is -2.28. The van der Waals surface area contributed by atoms with Crippen molar-refractivity contribution >= 4 is 5.69 Å². The van der Waals surface area contributed by atoms with E-state index in [2.05, 4.69) is 15.3 Å². The Morgan fingerprint density at radius 3 is 2.90 bits per heavy atom. The molecule has 0 saturated carbocycles. The molecule has 6 nitrogen and oxygen atoms in total. The van der Waals surface area contributed by atoms with Gasteiger partial charge < -0.3 is 10.3 Å². The monoisotopic (exact) mass is 278 g/mol. The summed E-state index contributed by atoms with van der Waals surface area (Å²) in [5.41, 5.74) is 0.606. The second kappa shape index (κ2) is 5.79. The molecule has 2 N–H and O–H groups in total. The van der Waals surface area contributed by atoms with Gasteiger partial charge in [-0.15, -0.1) is 0 Å². The van der Waals surface area contributed by atoms with Crippen molar-refractivity contribution in [1.29, 1.82) is 0 Å². The molecule has 1 heterocycles. The molecule has 106 valence electrons. The van der Waals surface area contributed by atoms with Gasteiger partial charge in [-0.1, -0.05) is 13.8 Å². The van der Waals surface area contributed by atoms with E-state index in [-0.39, 0.29) is 0 Å². The molecule has 20 heavy (non-hydrogen) atoms. The highest BCUT2D eigenvalue weighted by Crippen LogP contribution is 2.25. The molecule has 0 spiro atoms. The third kappa shape index (κ3) is 3.18. The zero-order chi connectivity index (χ0) is 14.7. The number of benzene rings is 1. The van der Waals surface area contributed by atoms with Gasteiger partial charge in [-0.25, -0.2) is 4.98 Å². The minimum absolute atomic E-state index is 0.329. The lowest BCUT2D eigenvalue weighted by molar-refractivity contribution is -0.387. The number of rotatable bonds is 5. The molecular formula is C13H15FN4O2. The van der Waals surface area contributed by atoms with Gasteiger partial charge in [0.15, 0.2) is 0 Å². The molecule has 0 radical (unpaired) electrons. The molecule has 2 aromatic rings. The van der Waals surface area contributed by atoms with Crippen LogP contribution < -0.4 is 5.32 Å². The van der Waals surface area contributed by atoms with E-state index in [1.165, 1.54) is 12.1 Å². The van der Waals surface area contributed by atoms with Crippen molar-refractivity contribution in [1.82, 2.24) is 15.3 Å². The summed E-state index contributed by atoms with van der Waals surface area (Å²) < 4.78 is 13.3. The number of hydrogen-bond donors (Lipinski definition) is 2. The van der Waals surface area contributed by atoms with Crippen molar-refractivity contribution in [2.24, 2.45) is 0 Å². The molecule has 0 atom stereocenters. The van der Waals surface area contributed by atoms with Gasteiger partial charge in [0, 0.05) is 17.7 Å². The lowest BCUT2D eigenvalue weighted by atomic mass is 10.1. The Balaban J connectivity index is 2.24. The second-order valence-electron chi connectivity index (χ2n) is 4.70. The first-order valence-electron chi connectivity index (χ1n) is 6.19. The normalized spacial score (nSPS) is 11.0. The largest absolute Gasteiger partial charge is 0.341 e. The van der Waals surface area contributed by atoms with E-state index < -0.39 is 16.4 Å². The van der Waals surface area contributed by atoms with Crippen molar-refractivity contribution in [2.45, 2.75) is 26.4 Å².